The first kappa shape index (κ1) is 10.9. The standard InChI is InChI=1S/C13H15NO2/c1-9(8-15)11-4-3-10-5-6-14-13(16-2)12(10)7-11/h3-7,9,15H,8H2,1-2H3. The summed E-state index contributed by atoms with van der Waals surface area (Å²) in [5.41, 5.74) is 1.10. The molecular formula is C13H15NO2. The lowest BCUT2D eigenvalue weighted by Gasteiger charge is -2.10. The van der Waals surface area contributed by atoms with Crippen LogP contribution >= 0.6 is 0 Å². The molecule has 0 saturated carbocycles. The van der Waals surface area contributed by atoms with Gasteiger partial charge in [0.1, 0.15) is 0 Å². The highest BCUT2D eigenvalue weighted by molar-refractivity contribution is 5.87. The Morgan fingerprint density at radius 2 is 2.19 bits per heavy atom. The lowest BCUT2D eigenvalue weighted by atomic mass is 9.99. The summed E-state index contributed by atoms with van der Waals surface area (Å²) in [7, 11) is 1.61. The topological polar surface area (TPSA) is 42.4 Å². The Morgan fingerprint density at radius 1 is 1.38 bits per heavy atom. The van der Waals surface area contributed by atoms with E-state index in [0.717, 1.165) is 16.3 Å². The highest BCUT2D eigenvalue weighted by atomic mass is 16.5. The van der Waals surface area contributed by atoms with Crippen LogP contribution in [0.5, 0.6) is 5.88 Å². The molecule has 1 atom stereocenters. The fraction of sp³-hybridized carbons (Fsp3) is 0.308. The van der Waals surface area contributed by atoms with Gasteiger partial charge in [-0.1, -0.05) is 19.1 Å². The molecule has 0 aliphatic heterocycles. The van der Waals surface area contributed by atoms with Crippen molar-refractivity contribution in [2.75, 3.05) is 13.7 Å². The Balaban J connectivity index is 2.59. The van der Waals surface area contributed by atoms with Crippen molar-refractivity contribution in [2.24, 2.45) is 0 Å². The summed E-state index contributed by atoms with van der Waals surface area (Å²) in [4.78, 5) is 4.17. The minimum Gasteiger partial charge on any atom is -0.481 e. The van der Waals surface area contributed by atoms with E-state index in [4.69, 9.17) is 9.84 Å². The van der Waals surface area contributed by atoms with E-state index >= 15 is 0 Å². The molecule has 1 heterocycles. The van der Waals surface area contributed by atoms with Gasteiger partial charge in [0, 0.05) is 24.1 Å². The van der Waals surface area contributed by atoms with E-state index in [9.17, 15) is 0 Å². The van der Waals surface area contributed by atoms with Crippen LogP contribution in [0.4, 0.5) is 0 Å². The van der Waals surface area contributed by atoms with Crippen LogP contribution in [0, 0.1) is 0 Å². The summed E-state index contributed by atoms with van der Waals surface area (Å²) in [6.45, 7) is 2.14. The van der Waals surface area contributed by atoms with Crippen molar-refractivity contribution in [2.45, 2.75) is 12.8 Å². The van der Waals surface area contributed by atoms with Gasteiger partial charge in [0.05, 0.1) is 7.11 Å². The van der Waals surface area contributed by atoms with E-state index < -0.39 is 0 Å². The largest absolute Gasteiger partial charge is 0.481 e. The second-order valence-electron chi connectivity index (χ2n) is 3.88. The second kappa shape index (κ2) is 4.49. The van der Waals surface area contributed by atoms with E-state index in [1.807, 2.05) is 31.2 Å². The van der Waals surface area contributed by atoms with Gasteiger partial charge in [0.15, 0.2) is 0 Å². The molecule has 1 aromatic heterocycles. The summed E-state index contributed by atoms with van der Waals surface area (Å²) in [6.07, 6.45) is 1.73. The first-order chi connectivity index (χ1) is 7.76. The van der Waals surface area contributed by atoms with Crippen molar-refractivity contribution in [3.05, 3.63) is 36.0 Å². The number of hydrogen-bond acceptors (Lipinski definition) is 3. The minimum atomic E-state index is 0.134. The van der Waals surface area contributed by atoms with Gasteiger partial charge in [-0.25, -0.2) is 4.98 Å². The molecule has 3 nitrogen and oxygen atoms in total. The molecule has 16 heavy (non-hydrogen) atoms. The Bertz CT molecular complexity index is 496. The maximum absolute atomic E-state index is 9.14. The molecule has 0 aliphatic rings. The molecule has 2 aromatic rings. The number of methoxy groups -OCH3 is 1. The third-order valence-corrected chi connectivity index (χ3v) is 2.79. The number of hydrogen-bond donors (Lipinski definition) is 1. The molecule has 84 valence electrons. The third-order valence-electron chi connectivity index (χ3n) is 2.79. The maximum atomic E-state index is 9.14. The Morgan fingerprint density at radius 3 is 2.88 bits per heavy atom. The summed E-state index contributed by atoms with van der Waals surface area (Å²) < 4.78 is 5.22. The number of rotatable bonds is 3. The van der Waals surface area contributed by atoms with Gasteiger partial charge < -0.3 is 9.84 Å². The summed E-state index contributed by atoms with van der Waals surface area (Å²) in [6, 6.07) is 8.04. The number of ether oxygens (including phenoxy) is 1. The van der Waals surface area contributed by atoms with E-state index in [1.54, 1.807) is 13.3 Å². The zero-order valence-electron chi connectivity index (χ0n) is 9.47. The fourth-order valence-corrected chi connectivity index (χ4v) is 1.73. The van der Waals surface area contributed by atoms with Crippen molar-refractivity contribution in [3.8, 4) is 5.88 Å². The van der Waals surface area contributed by atoms with E-state index in [-0.39, 0.29) is 12.5 Å². The van der Waals surface area contributed by atoms with E-state index in [2.05, 4.69) is 4.98 Å². The lowest BCUT2D eigenvalue weighted by molar-refractivity contribution is 0.273. The third kappa shape index (κ3) is 1.86. The highest BCUT2D eigenvalue weighted by Crippen LogP contribution is 2.26. The Labute approximate surface area is 94.7 Å². The van der Waals surface area contributed by atoms with Gasteiger partial charge in [-0.15, -0.1) is 0 Å². The summed E-state index contributed by atoms with van der Waals surface area (Å²) in [5.74, 6) is 0.763. The van der Waals surface area contributed by atoms with Crippen LogP contribution in [0.15, 0.2) is 30.5 Å². The number of pyridine rings is 1. The van der Waals surface area contributed by atoms with Gasteiger partial charge in [-0.2, -0.15) is 0 Å². The van der Waals surface area contributed by atoms with Crippen molar-refractivity contribution in [1.82, 2.24) is 4.98 Å². The van der Waals surface area contributed by atoms with Crippen molar-refractivity contribution in [3.63, 3.8) is 0 Å². The number of aliphatic hydroxyl groups excluding tert-OH is 1. The molecule has 0 bridgehead atoms. The second-order valence-corrected chi connectivity index (χ2v) is 3.88. The van der Waals surface area contributed by atoms with Gasteiger partial charge in [0.2, 0.25) is 5.88 Å². The Kier molecular flexibility index (Phi) is 3.06. The number of benzene rings is 1. The molecule has 1 N–H and O–H groups in total. The molecule has 0 radical (unpaired) electrons. The normalized spacial score (nSPS) is 12.7. The first-order valence-electron chi connectivity index (χ1n) is 5.29. The average Bonchev–Trinajstić information content (AvgIpc) is 2.36. The van der Waals surface area contributed by atoms with E-state index in [0.29, 0.717) is 5.88 Å². The number of aliphatic hydroxyl groups is 1. The van der Waals surface area contributed by atoms with Crippen LogP contribution in [0.3, 0.4) is 0 Å². The fourth-order valence-electron chi connectivity index (χ4n) is 1.73. The van der Waals surface area contributed by atoms with Crippen LogP contribution in [0.2, 0.25) is 0 Å². The zero-order chi connectivity index (χ0) is 11.5. The first-order valence-corrected chi connectivity index (χ1v) is 5.29. The predicted octanol–water partition coefficient (Wildman–Crippen LogP) is 2.34. The summed E-state index contributed by atoms with van der Waals surface area (Å²) >= 11 is 0. The number of nitrogens with zero attached hydrogens (tertiary/aromatic N) is 1. The van der Waals surface area contributed by atoms with Gasteiger partial charge in [-0.05, 0) is 23.1 Å². The number of aromatic nitrogens is 1. The SMILES string of the molecule is COc1nccc2ccc(C(C)CO)cc12. The summed E-state index contributed by atoms with van der Waals surface area (Å²) in [5, 5.41) is 11.2. The molecule has 3 heteroatoms. The van der Waals surface area contributed by atoms with Gasteiger partial charge in [-0.3, -0.25) is 0 Å². The molecule has 0 fully saturated rings. The smallest absolute Gasteiger partial charge is 0.221 e. The van der Waals surface area contributed by atoms with Gasteiger partial charge >= 0.3 is 0 Å². The predicted molar refractivity (Wildman–Crippen MR) is 63.8 cm³/mol. The molecule has 0 spiro atoms. The lowest BCUT2D eigenvalue weighted by Crippen LogP contribution is -1.99. The van der Waals surface area contributed by atoms with Crippen molar-refractivity contribution in [1.29, 1.82) is 0 Å². The monoisotopic (exact) mass is 217 g/mol. The molecule has 0 saturated heterocycles. The van der Waals surface area contributed by atoms with Crippen LogP contribution in [0.25, 0.3) is 10.8 Å². The number of fused-ring (bicyclic) bond motifs is 1. The van der Waals surface area contributed by atoms with Gasteiger partial charge in [0.25, 0.3) is 0 Å². The average molecular weight is 217 g/mol. The van der Waals surface area contributed by atoms with Crippen LogP contribution in [0.1, 0.15) is 18.4 Å². The molecule has 2 rings (SSSR count). The maximum Gasteiger partial charge on any atom is 0.221 e. The van der Waals surface area contributed by atoms with E-state index in [1.165, 1.54) is 0 Å². The van der Waals surface area contributed by atoms with Crippen LogP contribution in [-0.2, 0) is 0 Å². The van der Waals surface area contributed by atoms with Crippen molar-refractivity contribution < 1.29 is 9.84 Å². The zero-order valence-corrected chi connectivity index (χ0v) is 9.47. The quantitative estimate of drug-likeness (QED) is 0.858. The molecule has 1 aromatic carbocycles. The van der Waals surface area contributed by atoms with Crippen LogP contribution in [-0.4, -0.2) is 23.8 Å². The Hall–Kier alpha value is -1.61. The highest BCUT2D eigenvalue weighted by Gasteiger charge is 2.07. The molecule has 0 aliphatic carbocycles. The van der Waals surface area contributed by atoms with Crippen molar-refractivity contribution >= 4 is 10.8 Å². The molecule has 1 unspecified atom stereocenters. The molecule has 0 amide bonds. The molecular weight excluding hydrogens is 202 g/mol. The minimum absolute atomic E-state index is 0.134. The van der Waals surface area contributed by atoms with Crippen LogP contribution < -0.4 is 4.74 Å².